The first kappa shape index (κ1) is 12.0. The number of nitrogens with zero attached hydrogens (tertiary/aromatic N) is 1. The molecule has 0 fully saturated rings. The summed E-state index contributed by atoms with van der Waals surface area (Å²) >= 11 is 0. The summed E-state index contributed by atoms with van der Waals surface area (Å²) in [5.41, 5.74) is 0. The van der Waals surface area contributed by atoms with E-state index in [-0.39, 0.29) is 0 Å². The van der Waals surface area contributed by atoms with Crippen LogP contribution in [0.1, 0.15) is 0 Å². The molecule has 1 aromatic heterocycles. The summed E-state index contributed by atoms with van der Waals surface area (Å²) in [7, 11) is 0. The highest BCUT2D eigenvalue weighted by molar-refractivity contribution is 4.99. The molecule has 0 saturated heterocycles. The van der Waals surface area contributed by atoms with E-state index in [2.05, 4.69) is 0 Å². The minimum atomic E-state index is 0.720. The van der Waals surface area contributed by atoms with E-state index in [0.29, 0.717) is 0 Å². The maximum atomic E-state index is 8.33. The van der Waals surface area contributed by atoms with Gasteiger partial charge in [0.25, 0.3) is 0 Å². The van der Waals surface area contributed by atoms with Gasteiger partial charge in [0.15, 0.2) is 18.9 Å². The zero-order valence-electron chi connectivity index (χ0n) is 9.11. The third-order valence-electron chi connectivity index (χ3n) is 1.87. The van der Waals surface area contributed by atoms with Crippen molar-refractivity contribution in [3.05, 3.63) is 79.3 Å². The van der Waals surface area contributed by atoms with Crippen molar-refractivity contribution in [3.8, 4) is 0 Å². The van der Waals surface area contributed by atoms with Gasteiger partial charge < -0.3 is 5.11 Å². The van der Waals surface area contributed by atoms with Crippen LogP contribution in [-0.4, -0.2) is 5.11 Å². The van der Waals surface area contributed by atoms with Crippen molar-refractivity contribution < 1.29 is 9.67 Å². The molecule has 1 N–H and O–H groups in total. The van der Waals surface area contributed by atoms with Gasteiger partial charge in [0, 0.05) is 18.2 Å². The fourth-order valence-electron chi connectivity index (χ4n) is 1.11. The highest BCUT2D eigenvalue weighted by Crippen LogP contribution is 1.80. The molecule has 1 heterocycles. The van der Waals surface area contributed by atoms with Crippen LogP contribution in [0.4, 0.5) is 0 Å². The van der Waals surface area contributed by atoms with Crippen LogP contribution in [0.3, 0.4) is 0 Å². The number of pyridine rings is 1. The van der Waals surface area contributed by atoms with Crippen LogP contribution in [0.2, 0.25) is 0 Å². The molecule has 2 aromatic rings. The number of hydrogen-bond acceptors (Lipinski definition) is 1. The van der Waals surface area contributed by atoms with Gasteiger partial charge in [-0.1, -0.05) is 42.5 Å². The molecule has 0 amide bonds. The molecule has 0 aliphatic heterocycles. The van der Waals surface area contributed by atoms with Crippen molar-refractivity contribution in [3.63, 3.8) is 0 Å². The van der Waals surface area contributed by atoms with Gasteiger partial charge >= 0.3 is 0 Å². The van der Waals surface area contributed by atoms with E-state index in [4.69, 9.17) is 5.11 Å². The van der Waals surface area contributed by atoms with Crippen LogP contribution in [0, 0.1) is 0 Å². The van der Waals surface area contributed by atoms with Gasteiger partial charge in [0.05, 0.1) is 6.26 Å². The second-order valence-corrected chi connectivity index (χ2v) is 3.11. The normalized spacial score (nSPS) is 9.50. The minimum Gasteiger partial charge on any atom is -0.516 e. The first-order chi connectivity index (χ1) is 7.93. The molecule has 0 unspecified atom stereocenters. The maximum Gasteiger partial charge on any atom is 0.170 e. The highest BCUT2D eigenvalue weighted by Gasteiger charge is 1.89. The van der Waals surface area contributed by atoms with Gasteiger partial charge in [-0.25, -0.2) is 4.57 Å². The Morgan fingerprint density at radius 2 is 1.19 bits per heavy atom. The smallest absolute Gasteiger partial charge is 0.170 e. The molecule has 0 bridgehead atoms. The third-order valence-corrected chi connectivity index (χ3v) is 1.87. The molecule has 2 nitrogen and oxygen atoms in total. The zero-order chi connectivity index (χ0) is 11.5. The number of aliphatic hydroxyl groups excluding tert-OH is 1. The van der Waals surface area contributed by atoms with Gasteiger partial charge in [-0.05, 0) is 0 Å². The zero-order valence-corrected chi connectivity index (χ0v) is 9.11. The van der Waals surface area contributed by atoms with Crippen LogP contribution >= 0.6 is 0 Å². The van der Waals surface area contributed by atoms with Crippen molar-refractivity contribution in [2.75, 3.05) is 0 Å². The van der Waals surface area contributed by atoms with Crippen molar-refractivity contribution in [2.45, 2.75) is 6.54 Å². The Balaban J connectivity index is 0.000000181. The largest absolute Gasteiger partial charge is 0.516 e. The number of allylic oxidation sites excluding steroid dienone is 1. The lowest BCUT2D eigenvalue weighted by atomic mass is 10.4. The average molecular weight is 214 g/mol. The molecule has 0 aliphatic carbocycles. The summed E-state index contributed by atoms with van der Waals surface area (Å²) in [5.74, 6) is 0. The fourth-order valence-corrected chi connectivity index (χ4v) is 1.11. The molecule has 0 atom stereocenters. The predicted octanol–water partition coefficient (Wildman–Crippen LogP) is 2.73. The van der Waals surface area contributed by atoms with Gasteiger partial charge in [-0.3, -0.25) is 0 Å². The summed E-state index contributed by atoms with van der Waals surface area (Å²) in [4.78, 5) is 0. The Morgan fingerprint density at radius 3 is 1.62 bits per heavy atom. The molecule has 0 spiro atoms. The second-order valence-electron chi connectivity index (χ2n) is 3.11. The van der Waals surface area contributed by atoms with Gasteiger partial charge in [0.1, 0.15) is 0 Å². The van der Waals surface area contributed by atoms with E-state index >= 15 is 0 Å². The molecule has 1 aromatic carbocycles. The maximum absolute atomic E-state index is 8.33. The minimum absolute atomic E-state index is 0.720. The van der Waals surface area contributed by atoms with Crippen molar-refractivity contribution >= 4 is 0 Å². The topological polar surface area (TPSA) is 24.1 Å². The summed E-state index contributed by atoms with van der Waals surface area (Å²) in [5, 5.41) is 8.33. The number of rotatable bonds is 2. The highest BCUT2D eigenvalue weighted by atomic mass is 16.2. The summed E-state index contributed by atoms with van der Waals surface area (Å²) in [6.45, 7) is 0.720. The number of aliphatic hydroxyl groups is 1. The molecule has 82 valence electrons. The number of benzene rings is 1. The monoisotopic (exact) mass is 214 g/mol. The van der Waals surface area contributed by atoms with Crippen LogP contribution < -0.4 is 4.57 Å². The van der Waals surface area contributed by atoms with E-state index in [1.807, 2.05) is 71.6 Å². The Bertz CT molecular complexity index is 357. The lowest BCUT2D eigenvalue weighted by molar-refractivity contribution is -0.687. The van der Waals surface area contributed by atoms with Crippen LogP contribution in [0.25, 0.3) is 0 Å². The number of hydrogen-bond donors (Lipinski definition) is 1. The van der Waals surface area contributed by atoms with Gasteiger partial charge in [0.2, 0.25) is 0 Å². The molecule has 2 rings (SSSR count). The van der Waals surface area contributed by atoms with E-state index in [9.17, 15) is 0 Å². The third kappa shape index (κ3) is 5.60. The predicted molar refractivity (Wildman–Crippen MR) is 64.8 cm³/mol. The Labute approximate surface area is 96.1 Å². The molecule has 2 heteroatoms. The molecular formula is C14H16NO+. The Hall–Kier alpha value is -2.09. The van der Waals surface area contributed by atoms with E-state index in [0.717, 1.165) is 12.8 Å². The first-order valence-corrected chi connectivity index (χ1v) is 5.17. The number of aromatic nitrogens is 1. The summed E-state index contributed by atoms with van der Waals surface area (Å²) in [6, 6.07) is 17.9. The summed E-state index contributed by atoms with van der Waals surface area (Å²) < 4.78 is 1.96. The van der Waals surface area contributed by atoms with Crippen LogP contribution in [0.5, 0.6) is 0 Å². The second kappa shape index (κ2) is 8.24. The summed E-state index contributed by atoms with van der Waals surface area (Å²) in [6.07, 6.45) is 6.62. The average Bonchev–Trinajstić information content (AvgIpc) is 2.40. The Kier molecular flexibility index (Phi) is 6.17. The van der Waals surface area contributed by atoms with Crippen LogP contribution in [-0.2, 0) is 6.54 Å². The molecule has 16 heavy (non-hydrogen) atoms. The quantitative estimate of drug-likeness (QED) is 0.603. The van der Waals surface area contributed by atoms with E-state index in [1.54, 1.807) is 6.08 Å². The fraction of sp³-hybridized carbons (Fsp3) is 0.0714. The Morgan fingerprint density at radius 1 is 0.750 bits per heavy atom. The van der Waals surface area contributed by atoms with E-state index in [1.165, 1.54) is 0 Å². The molecule has 0 aliphatic rings. The molecule has 0 radical (unpaired) electrons. The van der Waals surface area contributed by atoms with Crippen molar-refractivity contribution in [1.29, 1.82) is 0 Å². The van der Waals surface area contributed by atoms with Crippen molar-refractivity contribution in [1.82, 2.24) is 0 Å². The van der Waals surface area contributed by atoms with Crippen molar-refractivity contribution in [2.24, 2.45) is 0 Å². The standard InChI is InChI=1S/C8H9NO.C6H6/c10-8-4-7-9-5-2-1-3-6-9;1-2-4-6-5-3-1/h1-6,8H,7H2;1-6H/p+1. The van der Waals surface area contributed by atoms with Gasteiger partial charge in [-0.15, -0.1) is 0 Å². The first-order valence-electron chi connectivity index (χ1n) is 5.17. The van der Waals surface area contributed by atoms with E-state index < -0.39 is 0 Å². The molecule has 0 saturated carbocycles. The van der Waals surface area contributed by atoms with Crippen LogP contribution in [0.15, 0.2) is 79.3 Å². The lowest BCUT2D eigenvalue weighted by Crippen LogP contribution is -2.30. The van der Waals surface area contributed by atoms with Gasteiger partial charge in [-0.2, -0.15) is 0 Å². The molecular weight excluding hydrogens is 198 g/mol. The SMILES string of the molecule is OC=CC[n+]1ccccc1.c1ccccc1. The lowest BCUT2D eigenvalue weighted by Gasteiger charge is -1.86.